The van der Waals surface area contributed by atoms with Gasteiger partial charge in [0.2, 0.25) is 5.91 Å². The number of halogens is 1. The molecule has 1 heterocycles. The highest BCUT2D eigenvalue weighted by molar-refractivity contribution is 5.96. The third kappa shape index (κ3) is 6.57. The van der Waals surface area contributed by atoms with Crippen molar-refractivity contribution in [3.63, 3.8) is 0 Å². The Balaban J connectivity index is 1.97. The fourth-order valence-electron chi connectivity index (χ4n) is 3.96. The zero-order valence-corrected chi connectivity index (χ0v) is 20.6. The van der Waals surface area contributed by atoms with E-state index in [1.54, 1.807) is 29.2 Å². The Labute approximate surface area is 209 Å². The van der Waals surface area contributed by atoms with Crippen LogP contribution in [-0.2, 0) is 17.9 Å². The highest BCUT2D eigenvalue weighted by atomic mass is 19.1. The number of nitrogens with two attached hydrogens (primary N) is 1. The van der Waals surface area contributed by atoms with Crippen LogP contribution in [0, 0.1) is 11.7 Å². The lowest BCUT2D eigenvalue weighted by molar-refractivity contribution is -0.119. The van der Waals surface area contributed by atoms with Crippen molar-refractivity contribution >= 4 is 17.4 Å². The number of carbonyl (C=O) groups is 1. The number of nitrogens with one attached hydrogen (secondary N) is 1. The number of rotatable bonds is 11. The molecule has 0 atom stereocenters. The average molecular weight is 494 g/mol. The van der Waals surface area contributed by atoms with Gasteiger partial charge >= 0.3 is 5.69 Å². The van der Waals surface area contributed by atoms with Gasteiger partial charge in [-0.15, -0.1) is 6.58 Å². The first-order chi connectivity index (χ1) is 17.2. The van der Waals surface area contributed by atoms with Gasteiger partial charge in [0.25, 0.3) is 5.56 Å². The van der Waals surface area contributed by atoms with Crippen LogP contribution in [0.5, 0.6) is 0 Å². The van der Waals surface area contributed by atoms with E-state index in [1.807, 2.05) is 44.2 Å². The molecule has 0 aliphatic carbocycles. The Morgan fingerprint density at radius 2 is 1.81 bits per heavy atom. The predicted octanol–water partition coefficient (Wildman–Crippen LogP) is 2.98. The first kappa shape index (κ1) is 26.6. The van der Waals surface area contributed by atoms with Crippen LogP contribution in [0.15, 0.2) is 76.8 Å². The van der Waals surface area contributed by atoms with Crippen molar-refractivity contribution < 1.29 is 9.18 Å². The number of amides is 1. The minimum Gasteiger partial charge on any atom is -0.383 e. The van der Waals surface area contributed by atoms with Gasteiger partial charge < -0.3 is 10.6 Å². The number of benzene rings is 2. The van der Waals surface area contributed by atoms with Crippen LogP contribution in [0.25, 0.3) is 0 Å². The summed E-state index contributed by atoms with van der Waals surface area (Å²) in [6.45, 7) is 8.30. The fraction of sp³-hybridized carbons (Fsp3) is 0.296. The summed E-state index contributed by atoms with van der Waals surface area (Å²) in [5.41, 5.74) is 6.14. The fourth-order valence-corrected chi connectivity index (χ4v) is 3.96. The highest BCUT2D eigenvalue weighted by Crippen LogP contribution is 2.20. The topological polar surface area (TPSA) is 104 Å². The number of anilines is 2. The summed E-state index contributed by atoms with van der Waals surface area (Å²) >= 11 is 0. The maximum Gasteiger partial charge on any atom is 0.330 e. The van der Waals surface area contributed by atoms with E-state index >= 15 is 0 Å². The van der Waals surface area contributed by atoms with Crippen LogP contribution < -0.4 is 21.9 Å². The van der Waals surface area contributed by atoms with Crippen LogP contribution >= 0.6 is 0 Å². The molecule has 0 saturated carbocycles. The molecule has 36 heavy (non-hydrogen) atoms. The van der Waals surface area contributed by atoms with Gasteiger partial charge in [-0.25, -0.2) is 9.18 Å². The Hall–Kier alpha value is -3.98. The van der Waals surface area contributed by atoms with Crippen LogP contribution in [0.3, 0.4) is 0 Å². The molecule has 9 heteroatoms. The molecule has 0 saturated heterocycles. The number of carbonyl (C=O) groups excluding carboxylic acids is 1. The molecule has 0 spiro atoms. The van der Waals surface area contributed by atoms with Gasteiger partial charge in [-0.3, -0.25) is 24.0 Å². The van der Waals surface area contributed by atoms with Crippen molar-refractivity contribution in [3.8, 4) is 0 Å². The number of nitrogens with zero attached hydrogens (tertiary/aromatic N) is 3. The van der Waals surface area contributed by atoms with Gasteiger partial charge in [0.15, 0.2) is 5.69 Å². The summed E-state index contributed by atoms with van der Waals surface area (Å²) in [6, 6.07) is 15.6. The van der Waals surface area contributed by atoms with Crippen LogP contribution in [0.2, 0.25) is 0 Å². The summed E-state index contributed by atoms with van der Waals surface area (Å²) < 4.78 is 15.5. The smallest absolute Gasteiger partial charge is 0.330 e. The number of hydrogen-bond donors (Lipinski definition) is 2. The lowest BCUT2D eigenvalue weighted by Gasteiger charge is -2.29. The van der Waals surface area contributed by atoms with Gasteiger partial charge in [0.05, 0.1) is 13.1 Å². The third-order valence-corrected chi connectivity index (χ3v) is 5.61. The predicted molar refractivity (Wildman–Crippen MR) is 140 cm³/mol. The van der Waals surface area contributed by atoms with E-state index in [0.717, 1.165) is 5.56 Å². The molecule has 190 valence electrons. The summed E-state index contributed by atoms with van der Waals surface area (Å²) in [5.74, 6) is -0.858. The van der Waals surface area contributed by atoms with Crippen molar-refractivity contribution in [2.45, 2.75) is 26.9 Å². The first-order valence-electron chi connectivity index (χ1n) is 11.7. The number of aromatic amines is 1. The zero-order chi connectivity index (χ0) is 26.2. The van der Waals surface area contributed by atoms with Gasteiger partial charge in [0, 0.05) is 25.2 Å². The second kappa shape index (κ2) is 12.1. The maximum absolute atomic E-state index is 14.2. The summed E-state index contributed by atoms with van der Waals surface area (Å²) in [7, 11) is 0. The Morgan fingerprint density at radius 3 is 2.44 bits per heavy atom. The number of nitrogen functional groups attached to an aromatic ring is 1. The standard InChI is InChI=1S/C27H32FN5O3/c1-4-14-31(17-21-12-8-9-13-22(21)28)18-23(34)32(15-19(2)3)24-25(29)33(27(36)30-26(24)35)16-20-10-6-5-7-11-20/h4-13,19H,1,14-18,29H2,2-3H3,(H,30,35,36). The second-order valence-corrected chi connectivity index (χ2v) is 9.01. The maximum atomic E-state index is 14.2. The molecule has 2 aromatic carbocycles. The van der Waals surface area contributed by atoms with Crippen molar-refractivity contribution in [3.05, 3.63) is 105 Å². The lowest BCUT2D eigenvalue weighted by atomic mass is 10.1. The quantitative estimate of drug-likeness (QED) is 0.400. The molecule has 3 rings (SSSR count). The molecule has 0 unspecified atom stereocenters. The second-order valence-electron chi connectivity index (χ2n) is 9.01. The minimum atomic E-state index is -0.736. The molecule has 1 amide bonds. The van der Waals surface area contributed by atoms with Crippen LogP contribution in [-0.4, -0.2) is 40.0 Å². The van der Waals surface area contributed by atoms with Gasteiger partial charge in [-0.1, -0.05) is 68.5 Å². The largest absolute Gasteiger partial charge is 0.383 e. The molecule has 0 aliphatic heterocycles. The Bertz CT molecular complexity index is 1320. The van der Waals surface area contributed by atoms with Crippen molar-refractivity contribution in [2.24, 2.45) is 5.92 Å². The van der Waals surface area contributed by atoms with Crippen LogP contribution in [0.4, 0.5) is 15.9 Å². The summed E-state index contributed by atoms with van der Waals surface area (Å²) in [6.07, 6.45) is 1.63. The normalized spacial score (nSPS) is 11.1. The van der Waals surface area contributed by atoms with Crippen molar-refractivity contribution in [1.29, 1.82) is 0 Å². The minimum absolute atomic E-state index is 0.00155. The van der Waals surface area contributed by atoms with Crippen molar-refractivity contribution in [2.75, 3.05) is 30.3 Å². The molecule has 8 nitrogen and oxygen atoms in total. The van der Waals surface area contributed by atoms with Crippen LogP contribution in [0.1, 0.15) is 25.0 Å². The van der Waals surface area contributed by atoms with E-state index in [0.29, 0.717) is 12.1 Å². The lowest BCUT2D eigenvalue weighted by Crippen LogP contribution is -2.46. The Morgan fingerprint density at radius 1 is 1.14 bits per heavy atom. The van der Waals surface area contributed by atoms with E-state index in [1.165, 1.54) is 15.5 Å². The average Bonchev–Trinajstić information content (AvgIpc) is 2.83. The molecule has 0 bridgehead atoms. The number of H-pyrrole nitrogens is 1. The monoisotopic (exact) mass is 493 g/mol. The third-order valence-electron chi connectivity index (χ3n) is 5.61. The van der Waals surface area contributed by atoms with E-state index < -0.39 is 17.2 Å². The van der Waals surface area contributed by atoms with Gasteiger partial charge in [0.1, 0.15) is 11.6 Å². The van der Waals surface area contributed by atoms with E-state index in [4.69, 9.17) is 5.73 Å². The number of aromatic nitrogens is 2. The van der Waals surface area contributed by atoms with E-state index in [2.05, 4.69) is 11.6 Å². The molecule has 3 aromatic rings. The molecule has 0 radical (unpaired) electrons. The molecular weight excluding hydrogens is 461 g/mol. The summed E-state index contributed by atoms with van der Waals surface area (Å²) in [5, 5.41) is 0. The summed E-state index contributed by atoms with van der Waals surface area (Å²) in [4.78, 5) is 44.4. The molecule has 0 aliphatic rings. The van der Waals surface area contributed by atoms with Gasteiger partial charge in [-0.2, -0.15) is 0 Å². The molecular formula is C27H32FN5O3. The Kier molecular flexibility index (Phi) is 8.97. The van der Waals surface area contributed by atoms with E-state index in [9.17, 15) is 18.8 Å². The zero-order valence-electron chi connectivity index (χ0n) is 20.6. The van der Waals surface area contributed by atoms with Crippen molar-refractivity contribution in [1.82, 2.24) is 14.5 Å². The molecule has 1 aromatic heterocycles. The van der Waals surface area contributed by atoms with E-state index in [-0.39, 0.29) is 49.4 Å². The molecule has 3 N–H and O–H groups in total. The SMILES string of the molecule is C=CCN(CC(=O)N(CC(C)C)c1c(N)n(Cc2ccccc2)c(=O)[nH]c1=O)Cc1ccccc1F. The number of hydrogen-bond acceptors (Lipinski definition) is 5. The molecule has 0 fully saturated rings. The highest BCUT2D eigenvalue weighted by Gasteiger charge is 2.26. The first-order valence-corrected chi connectivity index (χ1v) is 11.7. The van der Waals surface area contributed by atoms with Gasteiger partial charge in [-0.05, 0) is 17.5 Å².